The zero-order chi connectivity index (χ0) is 18.2. The van der Waals surface area contributed by atoms with E-state index in [1.165, 1.54) is 23.7 Å². The van der Waals surface area contributed by atoms with Crippen LogP contribution in [-0.4, -0.2) is 22.2 Å². The summed E-state index contributed by atoms with van der Waals surface area (Å²) in [5, 5.41) is 0. The van der Waals surface area contributed by atoms with Gasteiger partial charge in [0, 0.05) is 26.2 Å². The maximum absolute atomic E-state index is 12.9. The predicted molar refractivity (Wildman–Crippen MR) is 87.9 cm³/mol. The van der Waals surface area contributed by atoms with Crippen molar-refractivity contribution < 1.29 is 13.2 Å². The van der Waals surface area contributed by atoms with Crippen molar-refractivity contribution in [3.8, 4) is 0 Å². The third-order valence-corrected chi connectivity index (χ3v) is 4.40. The van der Waals surface area contributed by atoms with E-state index < -0.39 is 23.0 Å². The van der Waals surface area contributed by atoms with Crippen LogP contribution in [0.3, 0.4) is 0 Å². The number of anilines is 1. The first-order valence-corrected chi connectivity index (χ1v) is 7.99. The van der Waals surface area contributed by atoms with Crippen molar-refractivity contribution >= 4 is 5.82 Å². The highest BCUT2D eigenvalue weighted by molar-refractivity contribution is 5.40. The molecule has 2 aromatic rings. The fourth-order valence-electron chi connectivity index (χ4n) is 3.04. The first kappa shape index (κ1) is 17.3. The van der Waals surface area contributed by atoms with Gasteiger partial charge < -0.3 is 4.90 Å². The molecule has 1 aromatic heterocycles. The van der Waals surface area contributed by atoms with Crippen LogP contribution >= 0.6 is 0 Å². The number of alkyl halides is 3. The van der Waals surface area contributed by atoms with Gasteiger partial charge in [-0.1, -0.05) is 12.1 Å². The Hall–Kier alpha value is -2.51. The van der Waals surface area contributed by atoms with Crippen LogP contribution < -0.4 is 16.1 Å². The van der Waals surface area contributed by atoms with Crippen LogP contribution in [0.15, 0.2) is 39.9 Å². The lowest BCUT2D eigenvalue weighted by Crippen LogP contribution is -2.41. The van der Waals surface area contributed by atoms with Crippen LogP contribution in [-0.2, 0) is 19.8 Å². The average molecular weight is 353 g/mol. The fourth-order valence-corrected chi connectivity index (χ4v) is 3.04. The smallest absolute Gasteiger partial charge is 0.358 e. The Kier molecular flexibility index (Phi) is 4.45. The average Bonchev–Trinajstić information content (AvgIpc) is 3.09. The summed E-state index contributed by atoms with van der Waals surface area (Å²) in [7, 11) is 1.36. The lowest BCUT2D eigenvalue weighted by atomic mass is 10.1. The molecule has 0 spiro atoms. The fraction of sp³-hybridized carbons (Fsp3) is 0.412. The Labute approximate surface area is 141 Å². The zero-order valence-electron chi connectivity index (χ0n) is 13.7. The molecule has 5 nitrogen and oxygen atoms in total. The molecule has 1 aliphatic heterocycles. The zero-order valence-corrected chi connectivity index (χ0v) is 13.7. The van der Waals surface area contributed by atoms with Gasteiger partial charge in [-0.15, -0.1) is 0 Å². The van der Waals surface area contributed by atoms with Gasteiger partial charge in [0.2, 0.25) is 0 Å². The highest BCUT2D eigenvalue weighted by Gasteiger charge is 2.30. The SMILES string of the molecule is Cn1c(=O)cc(N2CCCC2)n(Cc2cccc(C(F)(F)F)c2)c1=O. The van der Waals surface area contributed by atoms with Gasteiger partial charge in [0.05, 0.1) is 12.1 Å². The molecule has 8 heteroatoms. The predicted octanol–water partition coefficient (Wildman–Crippen LogP) is 2.21. The van der Waals surface area contributed by atoms with E-state index in [9.17, 15) is 22.8 Å². The molecule has 2 heterocycles. The van der Waals surface area contributed by atoms with E-state index >= 15 is 0 Å². The Bertz CT molecular complexity index is 893. The molecule has 0 aliphatic carbocycles. The van der Waals surface area contributed by atoms with Gasteiger partial charge >= 0.3 is 11.9 Å². The molecule has 1 saturated heterocycles. The van der Waals surface area contributed by atoms with Crippen LogP contribution in [0.1, 0.15) is 24.0 Å². The third kappa shape index (κ3) is 3.47. The molecular weight excluding hydrogens is 335 g/mol. The van der Waals surface area contributed by atoms with Crippen molar-refractivity contribution in [2.45, 2.75) is 25.6 Å². The van der Waals surface area contributed by atoms with Crippen molar-refractivity contribution in [3.63, 3.8) is 0 Å². The van der Waals surface area contributed by atoms with Crippen molar-refractivity contribution in [3.05, 3.63) is 62.3 Å². The molecule has 0 bridgehead atoms. The normalized spacial score (nSPS) is 15.0. The maximum Gasteiger partial charge on any atom is 0.416 e. The summed E-state index contributed by atoms with van der Waals surface area (Å²) in [4.78, 5) is 26.4. The minimum Gasteiger partial charge on any atom is -0.358 e. The van der Waals surface area contributed by atoms with E-state index in [0.717, 1.165) is 42.6 Å². The maximum atomic E-state index is 12.9. The lowest BCUT2D eigenvalue weighted by molar-refractivity contribution is -0.137. The third-order valence-electron chi connectivity index (χ3n) is 4.40. The van der Waals surface area contributed by atoms with E-state index in [4.69, 9.17) is 0 Å². The topological polar surface area (TPSA) is 47.2 Å². The van der Waals surface area contributed by atoms with E-state index in [2.05, 4.69) is 0 Å². The molecule has 1 fully saturated rings. The Balaban J connectivity index is 2.06. The number of halogens is 3. The molecule has 0 radical (unpaired) electrons. The Morgan fingerprint density at radius 3 is 2.40 bits per heavy atom. The summed E-state index contributed by atoms with van der Waals surface area (Å²) >= 11 is 0. The van der Waals surface area contributed by atoms with Gasteiger partial charge in [0.15, 0.2) is 0 Å². The van der Waals surface area contributed by atoms with Crippen LogP contribution in [0.25, 0.3) is 0 Å². The first-order valence-electron chi connectivity index (χ1n) is 7.99. The van der Waals surface area contributed by atoms with Gasteiger partial charge in [-0.05, 0) is 30.5 Å². The standard InChI is InChI=1S/C17H18F3N3O2/c1-21-15(24)10-14(22-7-2-3-8-22)23(16(21)25)11-12-5-4-6-13(9-12)17(18,19)20/h4-6,9-10H,2-3,7-8,11H2,1H3. The Morgan fingerprint density at radius 2 is 1.76 bits per heavy atom. The lowest BCUT2D eigenvalue weighted by Gasteiger charge is -2.23. The van der Waals surface area contributed by atoms with Crippen LogP contribution in [0, 0.1) is 0 Å². The molecular formula is C17H18F3N3O2. The second kappa shape index (κ2) is 6.42. The number of rotatable bonds is 3. The summed E-state index contributed by atoms with van der Waals surface area (Å²) in [5.41, 5.74) is -1.36. The molecule has 0 amide bonds. The molecule has 1 aliphatic rings. The largest absolute Gasteiger partial charge is 0.416 e. The molecule has 0 atom stereocenters. The second-order valence-electron chi connectivity index (χ2n) is 6.16. The highest BCUT2D eigenvalue weighted by atomic mass is 19.4. The van der Waals surface area contributed by atoms with Crippen LogP contribution in [0.5, 0.6) is 0 Å². The van der Waals surface area contributed by atoms with Crippen molar-refractivity contribution in [1.82, 2.24) is 9.13 Å². The molecule has 0 N–H and O–H groups in total. The monoisotopic (exact) mass is 353 g/mol. The Morgan fingerprint density at radius 1 is 1.08 bits per heavy atom. The minimum atomic E-state index is -4.44. The van der Waals surface area contributed by atoms with E-state index in [1.54, 1.807) is 6.07 Å². The van der Waals surface area contributed by atoms with Gasteiger partial charge in [0.25, 0.3) is 5.56 Å². The van der Waals surface area contributed by atoms with Crippen molar-refractivity contribution in [2.75, 3.05) is 18.0 Å². The van der Waals surface area contributed by atoms with Crippen molar-refractivity contribution in [1.29, 1.82) is 0 Å². The van der Waals surface area contributed by atoms with Crippen LogP contribution in [0.4, 0.5) is 19.0 Å². The number of aromatic nitrogens is 2. The summed E-state index contributed by atoms with van der Waals surface area (Å²) in [6, 6.07) is 6.27. The molecule has 134 valence electrons. The summed E-state index contributed by atoms with van der Waals surface area (Å²) in [5.74, 6) is 0.461. The van der Waals surface area contributed by atoms with Gasteiger partial charge in [-0.3, -0.25) is 13.9 Å². The molecule has 25 heavy (non-hydrogen) atoms. The number of benzene rings is 1. The van der Waals surface area contributed by atoms with E-state index in [1.807, 2.05) is 4.90 Å². The number of hydrogen-bond donors (Lipinski definition) is 0. The summed E-state index contributed by atoms with van der Waals surface area (Å²) < 4.78 is 41.0. The molecule has 0 saturated carbocycles. The number of nitrogens with zero attached hydrogens (tertiary/aromatic N) is 3. The van der Waals surface area contributed by atoms with Gasteiger partial charge in [-0.2, -0.15) is 13.2 Å². The van der Waals surface area contributed by atoms with E-state index in [0.29, 0.717) is 11.4 Å². The summed E-state index contributed by atoms with van der Waals surface area (Å²) in [6.07, 6.45) is -2.54. The highest BCUT2D eigenvalue weighted by Crippen LogP contribution is 2.30. The second-order valence-corrected chi connectivity index (χ2v) is 6.16. The van der Waals surface area contributed by atoms with Gasteiger partial charge in [-0.25, -0.2) is 4.79 Å². The first-order chi connectivity index (χ1) is 11.8. The molecule has 3 rings (SSSR count). The minimum absolute atomic E-state index is 0.0251. The quantitative estimate of drug-likeness (QED) is 0.850. The van der Waals surface area contributed by atoms with Gasteiger partial charge in [0.1, 0.15) is 5.82 Å². The van der Waals surface area contributed by atoms with Crippen molar-refractivity contribution in [2.24, 2.45) is 7.05 Å². The van der Waals surface area contributed by atoms with Crippen LogP contribution in [0.2, 0.25) is 0 Å². The number of hydrogen-bond acceptors (Lipinski definition) is 3. The molecule has 0 unspecified atom stereocenters. The molecule has 1 aromatic carbocycles. The van der Waals surface area contributed by atoms with E-state index in [-0.39, 0.29) is 6.54 Å². The summed E-state index contributed by atoms with van der Waals surface area (Å²) in [6.45, 7) is 1.41.